The van der Waals surface area contributed by atoms with Crippen LogP contribution < -0.4 is 10.6 Å². The van der Waals surface area contributed by atoms with Crippen LogP contribution in [0.4, 0.5) is 4.79 Å². The summed E-state index contributed by atoms with van der Waals surface area (Å²) in [5.74, 6) is -1.19. The van der Waals surface area contributed by atoms with Gasteiger partial charge in [0.1, 0.15) is 6.04 Å². The lowest BCUT2D eigenvalue weighted by Crippen LogP contribution is -2.55. The number of ether oxygens (including phenoxy) is 1. The Labute approximate surface area is 101 Å². The van der Waals surface area contributed by atoms with Gasteiger partial charge in [-0.05, 0) is 19.3 Å². The predicted molar refractivity (Wildman–Crippen MR) is 61.8 cm³/mol. The van der Waals surface area contributed by atoms with Crippen LogP contribution in [-0.2, 0) is 9.53 Å². The van der Waals surface area contributed by atoms with E-state index in [1.54, 1.807) is 13.8 Å². The minimum atomic E-state index is -1.03. The highest BCUT2D eigenvalue weighted by Gasteiger charge is 2.32. The number of rotatable bonds is 4. The van der Waals surface area contributed by atoms with Gasteiger partial charge in [0, 0.05) is 6.61 Å². The fourth-order valence-corrected chi connectivity index (χ4v) is 1.73. The van der Waals surface area contributed by atoms with Crippen molar-refractivity contribution in [1.82, 2.24) is 10.6 Å². The quantitative estimate of drug-likeness (QED) is 0.674. The van der Waals surface area contributed by atoms with E-state index in [-0.39, 0.29) is 5.92 Å². The van der Waals surface area contributed by atoms with Crippen LogP contribution in [0.15, 0.2) is 0 Å². The van der Waals surface area contributed by atoms with Crippen molar-refractivity contribution < 1.29 is 19.4 Å². The maximum Gasteiger partial charge on any atom is 0.326 e. The standard InChI is InChI=1S/C11H20N2O4/c1-7(2)8(9(14)15)12-10(16)13-11(3)4-5-17-6-11/h7-8H,4-6H2,1-3H3,(H,14,15)(H2,12,13,16)/t8-,11?/m1/s1. The highest BCUT2D eigenvalue weighted by molar-refractivity contribution is 5.83. The summed E-state index contributed by atoms with van der Waals surface area (Å²) in [6.07, 6.45) is 0.736. The summed E-state index contributed by atoms with van der Waals surface area (Å²) in [6, 6.07) is -1.33. The monoisotopic (exact) mass is 244 g/mol. The molecule has 2 amide bonds. The third-order valence-electron chi connectivity index (χ3n) is 2.85. The molecule has 0 aromatic carbocycles. The molecule has 0 aliphatic carbocycles. The molecule has 0 aromatic rings. The van der Waals surface area contributed by atoms with Gasteiger partial charge in [-0.15, -0.1) is 0 Å². The number of nitrogens with one attached hydrogen (secondary N) is 2. The molecule has 17 heavy (non-hydrogen) atoms. The van der Waals surface area contributed by atoms with E-state index in [0.717, 1.165) is 6.42 Å². The van der Waals surface area contributed by atoms with E-state index in [2.05, 4.69) is 10.6 Å². The van der Waals surface area contributed by atoms with E-state index in [1.165, 1.54) is 0 Å². The Hall–Kier alpha value is -1.30. The van der Waals surface area contributed by atoms with Gasteiger partial charge in [0.25, 0.3) is 0 Å². The second-order valence-electron chi connectivity index (χ2n) is 5.02. The Balaban J connectivity index is 2.50. The number of carbonyl (C=O) groups excluding carboxylic acids is 1. The van der Waals surface area contributed by atoms with Gasteiger partial charge in [-0.25, -0.2) is 9.59 Å². The normalized spacial score (nSPS) is 25.6. The average molecular weight is 244 g/mol. The number of hydrogen-bond acceptors (Lipinski definition) is 3. The molecule has 0 bridgehead atoms. The molecule has 1 rings (SSSR count). The molecule has 3 N–H and O–H groups in total. The van der Waals surface area contributed by atoms with Crippen LogP contribution in [0.1, 0.15) is 27.2 Å². The highest BCUT2D eigenvalue weighted by Crippen LogP contribution is 2.17. The van der Waals surface area contributed by atoms with E-state index in [1.807, 2.05) is 6.92 Å². The smallest absolute Gasteiger partial charge is 0.326 e. The van der Waals surface area contributed by atoms with Crippen molar-refractivity contribution in [1.29, 1.82) is 0 Å². The van der Waals surface area contributed by atoms with E-state index < -0.39 is 23.6 Å². The van der Waals surface area contributed by atoms with Crippen LogP contribution in [0, 0.1) is 5.92 Å². The molecule has 1 fully saturated rings. The molecular formula is C11H20N2O4. The van der Waals surface area contributed by atoms with Crippen molar-refractivity contribution in [2.24, 2.45) is 5.92 Å². The lowest BCUT2D eigenvalue weighted by Gasteiger charge is -2.26. The van der Waals surface area contributed by atoms with Crippen LogP contribution in [0.25, 0.3) is 0 Å². The Bertz CT molecular complexity index is 298. The summed E-state index contributed by atoms with van der Waals surface area (Å²) in [5, 5.41) is 14.2. The molecule has 0 saturated carbocycles. The average Bonchev–Trinajstić information content (AvgIpc) is 2.60. The molecule has 1 unspecified atom stereocenters. The summed E-state index contributed by atoms with van der Waals surface area (Å²) in [5.41, 5.74) is -0.399. The van der Waals surface area contributed by atoms with Crippen LogP contribution in [-0.4, -0.2) is 41.9 Å². The van der Waals surface area contributed by atoms with Gasteiger partial charge in [-0.1, -0.05) is 13.8 Å². The second-order valence-corrected chi connectivity index (χ2v) is 5.02. The number of carbonyl (C=O) groups is 2. The Kier molecular flexibility index (Phi) is 4.34. The third kappa shape index (κ3) is 3.89. The summed E-state index contributed by atoms with van der Waals surface area (Å²) in [4.78, 5) is 22.6. The van der Waals surface area contributed by atoms with Crippen molar-refractivity contribution >= 4 is 12.0 Å². The van der Waals surface area contributed by atoms with E-state index >= 15 is 0 Å². The molecule has 98 valence electrons. The fraction of sp³-hybridized carbons (Fsp3) is 0.818. The Morgan fingerprint density at radius 1 is 1.41 bits per heavy atom. The molecule has 0 spiro atoms. The first-order valence-electron chi connectivity index (χ1n) is 5.73. The van der Waals surface area contributed by atoms with Crippen molar-refractivity contribution in [3.63, 3.8) is 0 Å². The Morgan fingerprint density at radius 2 is 2.06 bits per heavy atom. The number of carboxylic acid groups (broad SMARTS) is 1. The highest BCUT2D eigenvalue weighted by atomic mass is 16.5. The number of hydrogen-bond donors (Lipinski definition) is 3. The molecule has 2 atom stereocenters. The molecule has 1 heterocycles. The predicted octanol–water partition coefficient (Wildman–Crippen LogP) is 0.574. The van der Waals surface area contributed by atoms with Gasteiger partial charge in [-0.3, -0.25) is 0 Å². The Morgan fingerprint density at radius 3 is 2.47 bits per heavy atom. The number of carboxylic acids is 1. The molecule has 1 aliphatic heterocycles. The maximum atomic E-state index is 11.7. The molecule has 1 saturated heterocycles. The van der Waals surface area contributed by atoms with Gasteiger partial charge in [0.2, 0.25) is 0 Å². The van der Waals surface area contributed by atoms with E-state index in [0.29, 0.717) is 13.2 Å². The first kappa shape index (κ1) is 13.8. The lowest BCUT2D eigenvalue weighted by molar-refractivity contribution is -0.140. The SMILES string of the molecule is CC(C)[C@@H](NC(=O)NC1(C)CCOC1)C(=O)O. The topological polar surface area (TPSA) is 87.7 Å². The van der Waals surface area contributed by atoms with Crippen molar-refractivity contribution in [2.45, 2.75) is 38.8 Å². The maximum absolute atomic E-state index is 11.7. The first-order chi connectivity index (χ1) is 7.84. The first-order valence-corrected chi connectivity index (χ1v) is 5.73. The molecule has 0 aromatic heterocycles. The molecule has 0 radical (unpaired) electrons. The van der Waals surface area contributed by atoms with E-state index in [9.17, 15) is 9.59 Å². The van der Waals surface area contributed by atoms with Crippen LogP contribution >= 0.6 is 0 Å². The zero-order chi connectivity index (χ0) is 13.1. The minimum absolute atomic E-state index is 0.161. The molecule has 6 nitrogen and oxygen atoms in total. The van der Waals surface area contributed by atoms with Crippen molar-refractivity contribution in [3.8, 4) is 0 Å². The zero-order valence-electron chi connectivity index (χ0n) is 10.4. The lowest BCUT2D eigenvalue weighted by atomic mass is 10.0. The zero-order valence-corrected chi connectivity index (χ0v) is 10.4. The second kappa shape index (κ2) is 5.35. The summed E-state index contributed by atoms with van der Waals surface area (Å²) in [6.45, 7) is 6.45. The number of aliphatic carboxylic acids is 1. The van der Waals surface area contributed by atoms with Gasteiger partial charge in [0.15, 0.2) is 0 Å². The van der Waals surface area contributed by atoms with Crippen LogP contribution in [0.5, 0.6) is 0 Å². The van der Waals surface area contributed by atoms with Crippen LogP contribution in [0.2, 0.25) is 0 Å². The van der Waals surface area contributed by atoms with Gasteiger partial charge >= 0.3 is 12.0 Å². The van der Waals surface area contributed by atoms with Crippen molar-refractivity contribution in [3.05, 3.63) is 0 Å². The van der Waals surface area contributed by atoms with Gasteiger partial charge < -0.3 is 20.5 Å². The van der Waals surface area contributed by atoms with Crippen LogP contribution in [0.3, 0.4) is 0 Å². The van der Waals surface area contributed by atoms with Gasteiger partial charge in [0.05, 0.1) is 12.1 Å². The number of urea groups is 1. The molecule has 6 heteroatoms. The fourth-order valence-electron chi connectivity index (χ4n) is 1.73. The summed E-state index contributed by atoms with van der Waals surface area (Å²) in [7, 11) is 0. The number of amides is 2. The molecular weight excluding hydrogens is 224 g/mol. The summed E-state index contributed by atoms with van der Waals surface area (Å²) >= 11 is 0. The summed E-state index contributed by atoms with van der Waals surface area (Å²) < 4.78 is 5.20. The van der Waals surface area contributed by atoms with Crippen molar-refractivity contribution in [2.75, 3.05) is 13.2 Å². The van der Waals surface area contributed by atoms with Gasteiger partial charge in [-0.2, -0.15) is 0 Å². The molecule has 1 aliphatic rings. The van der Waals surface area contributed by atoms with E-state index in [4.69, 9.17) is 9.84 Å². The largest absolute Gasteiger partial charge is 0.480 e. The minimum Gasteiger partial charge on any atom is -0.480 e. The third-order valence-corrected chi connectivity index (χ3v) is 2.85.